The van der Waals surface area contributed by atoms with Gasteiger partial charge in [0, 0.05) is 30.9 Å². The molecular weight excluding hydrogens is 202 g/mol. The summed E-state index contributed by atoms with van der Waals surface area (Å²) in [4.78, 5) is 2.26. The van der Waals surface area contributed by atoms with Crippen molar-refractivity contribution in [3.63, 3.8) is 0 Å². The van der Waals surface area contributed by atoms with Crippen LogP contribution in [0.3, 0.4) is 0 Å². The van der Waals surface area contributed by atoms with Gasteiger partial charge >= 0.3 is 0 Å². The fourth-order valence-electron chi connectivity index (χ4n) is 2.14. The average molecular weight is 215 g/mol. The molecule has 4 nitrogen and oxygen atoms in total. The van der Waals surface area contributed by atoms with Crippen molar-refractivity contribution in [1.82, 2.24) is 5.16 Å². The van der Waals surface area contributed by atoms with Crippen molar-refractivity contribution in [3.8, 4) is 11.3 Å². The Morgan fingerprint density at radius 3 is 3.00 bits per heavy atom. The number of nitrogen functional groups attached to an aromatic ring is 1. The Labute approximate surface area is 93.6 Å². The SMILES string of the molecule is CN1CCc2cc(-c3cc(N)no3)ccc21. The number of hydrogen-bond donors (Lipinski definition) is 1. The van der Waals surface area contributed by atoms with Crippen LogP contribution in [0.25, 0.3) is 11.3 Å². The number of hydrogen-bond acceptors (Lipinski definition) is 4. The molecule has 0 unspecified atom stereocenters. The van der Waals surface area contributed by atoms with E-state index < -0.39 is 0 Å². The first-order valence-electron chi connectivity index (χ1n) is 5.30. The van der Waals surface area contributed by atoms with Gasteiger partial charge in [-0.1, -0.05) is 5.16 Å². The number of benzene rings is 1. The van der Waals surface area contributed by atoms with E-state index in [1.165, 1.54) is 11.3 Å². The molecule has 3 rings (SSSR count). The third-order valence-corrected chi connectivity index (χ3v) is 3.02. The number of nitrogens with zero attached hydrogens (tertiary/aromatic N) is 2. The van der Waals surface area contributed by atoms with E-state index in [9.17, 15) is 0 Å². The summed E-state index contributed by atoms with van der Waals surface area (Å²) in [6.45, 7) is 1.08. The minimum absolute atomic E-state index is 0.424. The Bertz CT molecular complexity index is 533. The predicted molar refractivity (Wildman–Crippen MR) is 63.3 cm³/mol. The summed E-state index contributed by atoms with van der Waals surface area (Å²) in [5.41, 5.74) is 9.24. The molecule has 1 aliphatic rings. The molecule has 0 saturated heterocycles. The van der Waals surface area contributed by atoms with E-state index in [4.69, 9.17) is 10.3 Å². The zero-order chi connectivity index (χ0) is 11.1. The summed E-state index contributed by atoms with van der Waals surface area (Å²) < 4.78 is 5.15. The van der Waals surface area contributed by atoms with Crippen LogP contribution in [0.1, 0.15) is 5.56 Å². The highest BCUT2D eigenvalue weighted by Crippen LogP contribution is 2.31. The van der Waals surface area contributed by atoms with Crippen LogP contribution in [0.5, 0.6) is 0 Å². The topological polar surface area (TPSA) is 55.3 Å². The third kappa shape index (κ3) is 1.34. The van der Waals surface area contributed by atoms with Crippen LogP contribution in [0.15, 0.2) is 28.8 Å². The first-order chi connectivity index (χ1) is 7.74. The largest absolute Gasteiger partial charge is 0.381 e. The molecule has 0 fully saturated rings. The van der Waals surface area contributed by atoms with E-state index >= 15 is 0 Å². The molecule has 16 heavy (non-hydrogen) atoms. The van der Waals surface area contributed by atoms with Crippen LogP contribution in [0.4, 0.5) is 11.5 Å². The van der Waals surface area contributed by atoms with Gasteiger partial charge in [0.1, 0.15) is 0 Å². The highest BCUT2D eigenvalue weighted by molar-refractivity contribution is 5.68. The summed E-state index contributed by atoms with van der Waals surface area (Å²) in [5.74, 6) is 1.16. The number of fused-ring (bicyclic) bond motifs is 1. The fourth-order valence-corrected chi connectivity index (χ4v) is 2.14. The van der Waals surface area contributed by atoms with Gasteiger partial charge in [-0.2, -0.15) is 0 Å². The summed E-state index contributed by atoms with van der Waals surface area (Å²) in [7, 11) is 2.11. The zero-order valence-electron chi connectivity index (χ0n) is 9.10. The van der Waals surface area contributed by atoms with E-state index in [0.29, 0.717) is 5.82 Å². The van der Waals surface area contributed by atoms with E-state index in [1.807, 2.05) is 6.07 Å². The lowest BCUT2D eigenvalue weighted by molar-refractivity contribution is 0.436. The second-order valence-corrected chi connectivity index (χ2v) is 4.13. The van der Waals surface area contributed by atoms with Crippen LogP contribution >= 0.6 is 0 Å². The number of anilines is 2. The van der Waals surface area contributed by atoms with Crippen molar-refractivity contribution in [2.24, 2.45) is 0 Å². The van der Waals surface area contributed by atoms with E-state index in [2.05, 4.69) is 29.2 Å². The highest BCUT2D eigenvalue weighted by atomic mass is 16.5. The highest BCUT2D eigenvalue weighted by Gasteiger charge is 2.16. The molecule has 2 N–H and O–H groups in total. The number of rotatable bonds is 1. The van der Waals surface area contributed by atoms with Gasteiger partial charge in [0.05, 0.1) is 0 Å². The van der Waals surface area contributed by atoms with Gasteiger partial charge in [0.25, 0.3) is 0 Å². The van der Waals surface area contributed by atoms with Crippen molar-refractivity contribution >= 4 is 11.5 Å². The maximum atomic E-state index is 5.54. The molecule has 0 spiro atoms. The summed E-state index contributed by atoms with van der Waals surface area (Å²) >= 11 is 0. The Kier molecular flexibility index (Phi) is 1.89. The van der Waals surface area contributed by atoms with Crippen LogP contribution in [-0.2, 0) is 6.42 Å². The molecule has 2 heterocycles. The zero-order valence-corrected chi connectivity index (χ0v) is 9.10. The third-order valence-electron chi connectivity index (χ3n) is 3.02. The molecule has 82 valence electrons. The van der Waals surface area contributed by atoms with Gasteiger partial charge in [-0.25, -0.2) is 0 Å². The molecule has 0 amide bonds. The molecule has 1 aliphatic heterocycles. The number of aromatic nitrogens is 1. The van der Waals surface area contributed by atoms with Crippen molar-refractivity contribution < 1.29 is 4.52 Å². The van der Waals surface area contributed by atoms with E-state index in [0.717, 1.165) is 24.3 Å². The minimum Gasteiger partial charge on any atom is -0.381 e. The van der Waals surface area contributed by atoms with Gasteiger partial charge in [-0.05, 0) is 30.2 Å². The predicted octanol–water partition coefficient (Wildman–Crippen LogP) is 1.92. The summed E-state index contributed by atoms with van der Waals surface area (Å²) in [5, 5.41) is 3.69. The molecule has 0 aliphatic carbocycles. The van der Waals surface area contributed by atoms with Gasteiger partial charge < -0.3 is 15.2 Å². The van der Waals surface area contributed by atoms with Gasteiger partial charge in [0.15, 0.2) is 11.6 Å². The first kappa shape index (κ1) is 9.27. The molecule has 0 atom stereocenters. The van der Waals surface area contributed by atoms with Crippen molar-refractivity contribution in [1.29, 1.82) is 0 Å². The lowest BCUT2D eigenvalue weighted by Gasteiger charge is -2.11. The van der Waals surface area contributed by atoms with Crippen LogP contribution in [0.2, 0.25) is 0 Å². The lowest BCUT2D eigenvalue weighted by Crippen LogP contribution is -2.12. The van der Waals surface area contributed by atoms with Gasteiger partial charge in [-0.15, -0.1) is 0 Å². The molecule has 1 aromatic heterocycles. The van der Waals surface area contributed by atoms with Crippen molar-refractivity contribution in [2.75, 3.05) is 24.2 Å². The Hall–Kier alpha value is -1.97. The average Bonchev–Trinajstić information content (AvgIpc) is 2.86. The Balaban J connectivity index is 2.05. The van der Waals surface area contributed by atoms with E-state index in [-0.39, 0.29) is 0 Å². The smallest absolute Gasteiger partial charge is 0.169 e. The summed E-state index contributed by atoms with van der Waals surface area (Å²) in [6, 6.07) is 8.07. The molecule has 0 bridgehead atoms. The maximum absolute atomic E-state index is 5.54. The molecular formula is C12H13N3O. The molecule has 4 heteroatoms. The Morgan fingerprint density at radius 1 is 1.38 bits per heavy atom. The molecule has 0 saturated carbocycles. The molecule has 1 aromatic carbocycles. The van der Waals surface area contributed by atoms with Gasteiger partial charge in [-0.3, -0.25) is 0 Å². The second kappa shape index (κ2) is 3.27. The maximum Gasteiger partial charge on any atom is 0.169 e. The molecule has 2 aromatic rings. The normalized spacial score (nSPS) is 14.2. The van der Waals surface area contributed by atoms with Crippen LogP contribution in [0, 0.1) is 0 Å². The molecule has 0 radical (unpaired) electrons. The van der Waals surface area contributed by atoms with Crippen LogP contribution < -0.4 is 10.6 Å². The van der Waals surface area contributed by atoms with Crippen LogP contribution in [-0.4, -0.2) is 18.7 Å². The second-order valence-electron chi connectivity index (χ2n) is 4.13. The Morgan fingerprint density at radius 2 is 2.25 bits per heavy atom. The number of nitrogens with two attached hydrogens (primary N) is 1. The first-order valence-corrected chi connectivity index (χ1v) is 5.30. The standard InChI is InChI=1S/C12H13N3O/c1-15-5-4-8-6-9(2-3-10(8)15)11-7-12(13)14-16-11/h2-3,6-7H,4-5H2,1H3,(H2,13,14). The minimum atomic E-state index is 0.424. The fraction of sp³-hybridized carbons (Fsp3) is 0.250. The van der Waals surface area contributed by atoms with Crippen molar-refractivity contribution in [2.45, 2.75) is 6.42 Å². The lowest BCUT2D eigenvalue weighted by atomic mass is 10.1. The number of likely N-dealkylation sites (N-methyl/N-ethyl adjacent to an activating group) is 1. The van der Waals surface area contributed by atoms with E-state index in [1.54, 1.807) is 6.07 Å². The summed E-state index contributed by atoms with van der Waals surface area (Å²) in [6.07, 6.45) is 1.09. The quantitative estimate of drug-likeness (QED) is 0.789. The monoisotopic (exact) mass is 215 g/mol. The van der Waals surface area contributed by atoms with Gasteiger partial charge in [0.2, 0.25) is 0 Å². The van der Waals surface area contributed by atoms with Crippen molar-refractivity contribution in [3.05, 3.63) is 29.8 Å².